The quantitative estimate of drug-likeness (QED) is 0.207. The number of thiazole rings is 1. The first-order valence-electron chi connectivity index (χ1n) is 11.1. The number of ether oxygens (including phenoxy) is 1. The number of aliphatic hydroxyl groups is 1. The Morgan fingerprint density at radius 1 is 1.08 bits per heavy atom. The van der Waals surface area contributed by atoms with Crippen LogP contribution in [-0.4, -0.2) is 28.4 Å². The van der Waals surface area contributed by atoms with E-state index in [-0.39, 0.29) is 22.0 Å². The number of anilines is 1. The highest BCUT2D eigenvalue weighted by Gasteiger charge is 2.48. The zero-order valence-electron chi connectivity index (χ0n) is 19.3. The molecule has 0 saturated carbocycles. The molecule has 0 spiro atoms. The summed E-state index contributed by atoms with van der Waals surface area (Å²) in [6.45, 7) is 4.10. The summed E-state index contributed by atoms with van der Waals surface area (Å²) in [5.41, 5.74) is 1.81. The molecule has 36 heavy (non-hydrogen) atoms. The number of rotatable bonds is 5. The lowest BCUT2D eigenvalue weighted by molar-refractivity contribution is -0.132. The van der Waals surface area contributed by atoms with Crippen LogP contribution in [0.25, 0.3) is 16.0 Å². The van der Waals surface area contributed by atoms with Gasteiger partial charge in [-0.05, 0) is 37.6 Å². The number of carbonyl (C=O) groups excluding carboxylic acids is 2. The highest BCUT2D eigenvalue weighted by Crippen LogP contribution is 2.44. The fraction of sp³-hybridized carbons (Fsp3) is 0.148. The van der Waals surface area contributed by atoms with Crippen molar-refractivity contribution in [2.75, 3.05) is 11.5 Å². The maximum absolute atomic E-state index is 13.8. The van der Waals surface area contributed by atoms with E-state index < -0.39 is 29.4 Å². The van der Waals surface area contributed by atoms with E-state index in [1.54, 1.807) is 42.5 Å². The Balaban J connectivity index is 1.72. The van der Waals surface area contributed by atoms with Gasteiger partial charge in [-0.25, -0.2) is 13.8 Å². The number of aliphatic hydroxyl groups excluding tert-OH is 1. The molecule has 1 N–H and O–H groups in total. The molecular formula is C27H20F2N2O4S. The number of ketones is 1. The lowest BCUT2D eigenvalue weighted by atomic mass is 9.94. The second-order valence-electron chi connectivity index (χ2n) is 8.27. The summed E-state index contributed by atoms with van der Waals surface area (Å²) < 4.78 is 33.5. The average Bonchev–Trinajstić information content (AvgIpc) is 3.37. The fourth-order valence-corrected chi connectivity index (χ4v) is 5.25. The van der Waals surface area contributed by atoms with Gasteiger partial charge in [0, 0.05) is 11.6 Å². The molecule has 1 aromatic heterocycles. The molecule has 5 rings (SSSR count). The molecule has 0 aliphatic carbocycles. The van der Waals surface area contributed by atoms with E-state index in [9.17, 15) is 23.5 Å². The standard InChI is InChI=1S/C27H20F2N2O4S/c1-3-35-17-9-5-8-16(11-17)24(32)22-23(15-7-4-6-14(2)10-15)31(26(34)25(22)33)27-30-20-12-18(28)19(29)13-21(20)36-27/h4-13,23,32H,3H2,1-2H3/b24-22+. The van der Waals surface area contributed by atoms with E-state index in [4.69, 9.17) is 4.74 Å². The van der Waals surface area contributed by atoms with Gasteiger partial charge in [-0.2, -0.15) is 0 Å². The second kappa shape index (κ2) is 9.16. The number of hydrogen-bond donors (Lipinski definition) is 1. The Kier molecular flexibility index (Phi) is 6.01. The maximum Gasteiger partial charge on any atom is 0.301 e. The molecule has 1 saturated heterocycles. The van der Waals surface area contributed by atoms with E-state index in [1.165, 1.54) is 4.90 Å². The Morgan fingerprint density at radius 3 is 2.58 bits per heavy atom. The zero-order valence-corrected chi connectivity index (χ0v) is 20.1. The number of fused-ring (bicyclic) bond motifs is 1. The number of Topliss-reactive ketones (excluding diaryl/α,β-unsaturated/α-hetero) is 1. The Morgan fingerprint density at radius 2 is 1.83 bits per heavy atom. The predicted octanol–water partition coefficient (Wildman–Crippen LogP) is 5.91. The van der Waals surface area contributed by atoms with Gasteiger partial charge in [0.25, 0.3) is 5.78 Å². The van der Waals surface area contributed by atoms with E-state index in [1.807, 2.05) is 19.9 Å². The minimum atomic E-state index is -1.06. The fourth-order valence-electron chi connectivity index (χ4n) is 4.26. The van der Waals surface area contributed by atoms with Crippen molar-refractivity contribution in [1.29, 1.82) is 0 Å². The smallest absolute Gasteiger partial charge is 0.301 e. The number of aromatic nitrogens is 1. The van der Waals surface area contributed by atoms with Crippen LogP contribution in [0.4, 0.5) is 13.9 Å². The summed E-state index contributed by atoms with van der Waals surface area (Å²) >= 11 is 0.955. The number of aryl methyl sites for hydroxylation is 1. The van der Waals surface area contributed by atoms with E-state index >= 15 is 0 Å². The van der Waals surface area contributed by atoms with E-state index in [0.717, 1.165) is 29.0 Å². The summed E-state index contributed by atoms with van der Waals surface area (Å²) in [7, 11) is 0. The van der Waals surface area contributed by atoms with Crippen molar-refractivity contribution in [3.8, 4) is 5.75 Å². The van der Waals surface area contributed by atoms with Crippen LogP contribution in [0.3, 0.4) is 0 Å². The van der Waals surface area contributed by atoms with Gasteiger partial charge in [0.2, 0.25) is 0 Å². The van der Waals surface area contributed by atoms with Crippen LogP contribution < -0.4 is 9.64 Å². The molecule has 1 unspecified atom stereocenters. The first-order chi connectivity index (χ1) is 17.3. The van der Waals surface area contributed by atoms with Crippen LogP contribution in [0.2, 0.25) is 0 Å². The molecule has 2 heterocycles. The van der Waals surface area contributed by atoms with Gasteiger partial charge in [0.15, 0.2) is 16.8 Å². The Hall–Kier alpha value is -4.11. The predicted molar refractivity (Wildman–Crippen MR) is 133 cm³/mol. The van der Waals surface area contributed by atoms with Crippen molar-refractivity contribution < 1.29 is 28.2 Å². The van der Waals surface area contributed by atoms with Crippen LogP contribution in [0.1, 0.15) is 29.7 Å². The monoisotopic (exact) mass is 506 g/mol. The third-order valence-corrected chi connectivity index (χ3v) is 6.86. The average molecular weight is 507 g/mol. The molecular weight excluding hydrogens is 486 g/mol. The van der Waals surface area contributed by atoms with E-state index in [2.05, 4.69) is 4.98 Å². The molecule has 0 bridgehead atoms. The third kappa shape index (κ3) is 4.01. The van der Waals surface area contributed by atoms with Crippen LogP contribution in [-0.2, 0) is 9.59 Å². The number of nitrogens with zero attached hydrogens (tertiary/aromatic N) is 2. The van der Waals surface area contributed by atoms with Crippen LogP contribution in [0, 0.1) is 18.6 Å². The normalized spacial score (nSPS) is 17.2. The van der Waals surface area contributed by atoms with Gasteiger partial charge in [-0.1, -0.05) is 53.3 Å². The molecule has 1 aliphatic rings. The van der Waals surface area contributed by atoms with Crippen molar-refractivity contribution in [2.24, 2.45) is 0 Å². The largest absolute Gasteiger partial charge is 0.507 e. The van der Waals surface area contributed by atoms with Crippen molar-refractivity contribution in [2.45, 2.75) is 19.9 Å². The lowest BCUT2D eigenvalue weighted by Crippen LogP contribution is -2.29. The van der Waals surface area contributed by atoms with Crippen LogP contribution in [0.5, 0.6) is 5.75 Å². The number of amides is 1. The number of benzene rings is 3. The third-order valence-electron chi connectivity index (χ3n) is 5.85. The minimum Gasteiger partial charge on any atom is -0.507 e. The number of hydrogen-bond acceptors (Lipinski definition) is 6. The molecule has 6 nitrogen and oxygen atoms in total. The summed E-state index contributed by atoms with van der Waals surface area (Å²) in [6, 6.07) is 14.7. The van der Waals surface area contributed by atoms with Crippen LogP contribution >= 0.6 is 11.3 Å². The zero-order chi connectivity index (χ0) is 25.6. The Labute approximate surface area is 209 Å². The summed E-state index contributed by atoms with van der Waals surface area (Å²) in [5.74, 6) is -3.75. The van der Waals surface area contributed by atoms with Crippen molar-refractivity contribution in [3.63, 3.8) is 0 Å². The first kappa shape index (κ1) is 23.6. The number of halogens is 2. The highest BCUT2D eigenvalue weighted by molar-refractivity contribution is 7.22. The van der Waals surface area contributed by atoms with Gasteiger partial charge in [-0.15, -0.1) is 0 Å². The molecule has 1 fully saturated rings. The molecule has 0 radical (unpaired) electrons. The molecule has 3 aromatic carbocycles. The van der Waals surface area contributed by atoms with Gasteiger partial charge in [-0.3, -0.25) is 14.5 Å². The first-order valence-corrected chi connectivity index (χ1v) is 12.0. The molecule has 4 aromatic rings. The van der Waals surface area contributed by atoms with Crippen molar-refractivity contribution in [3.05, 3.63) is 94.6 Å². The molecule has 9 heteroatoms. The minimum absolute atomic E-state index is 0.0886. The highest BCUT2D eigenvalue weighted by atomic mass is 32.1. The van der Waals surface area contributed by atoms with Crippen molar-refractivity contribution in [1.82, 2.24) is 4.98 Å². The van der Waals surface area contributed by atoms with Crippen molar-refractivity contribution >= 4 is 44.1 Å². The molecule has 1 amide bonds. The molecule has 182 valence electrons. The lowest BCUT2D eigenvalue weighted by Gasteiger charge is -2.23. The van der Waals surface area contributed by atoms with Crippen LogP contribution in [0.15, 0.2) is 66.2 Å². The Bertz CT molecular complexity index is 1520. The van der Waals surface area contributed by atoms with Gasteiger partial charge >= 0.3 is 5.91 Å². The summed E-state index contributed by atoms with van der Waals surface area (Å²) in [6.07, 6.45) is 0. The maximum atomic E-state index is 13.8. The van der Waals surface area contributed by atoms with E-state index in [0.29, 0.717) is 28.2 Å². The SMILES string of the molecule is CCOc1cccc(/C(O)=C2\C(=O)C(=O)N(c3nc4cc(F)c(F)cc4s3)C2c2cccc(C)c2)c1. The summed E-state index contributed by atoms with van der Waals surface area (Å²) in [5, 5.41) is 11.4. The topological polar surface area (TPSA) is 79.7 Å². The molecule has 1 aliphatic heterocycles. The number of carbonyl (C=O) groups is 2. The van der Waals surface area contributed by atoms with Gasteiger partial charge < -0.3 is 9.84 Å². The second-order valence-corrected chi connectivity index (χ2v) is 9.28. The molecule has 1 atom stereocenters. The van der Waals surface area contributed by atoms with Gasteiger partial charge in [0.1, 0.15) is 11.5 Å². The summed E-state index contributed by atoms with van der Waals surface area (Å²) in [4.78, 5) is 32.2. The van der Waals surface area contributed by atoms with Gasteiger partial charge in [0.05, 0.1) is 28.4 Å².